The Labute approximate surface area is 81.6 Å². The van der Waals surface area contributed by atoms with Gasteiger partial charge in [-0.15, -0.1) is 0 Å². The molecule has 1 aromatic heterocycles. The molecule has 3 N–H and O–H groups in total. The highest BCUT2D eigenvalue weighted by Gasteiger charge is 1.99. The van der Waals surface area contributed by atoms with Crippen LogP contribution in [0.3, 0.4) is 0 Å². The minimum Gasteiger partial charge on any atom is -0.506 e. The quantitative estimate of drug-likeness (QED) is 0.644. The summed E-state index contributed by atoms with van der Waals surface area (Å²) in [6.07, 6.45) is 3.46. The van der Waals surface area contributed by atoms with Gasteiger partial charge in [-0.3, -0.25) is 0 Å². The summed E-state index contributed by atoms with van der Waals surface area (Å²) < 4.78 is 0. The number of para-hydroxylation sites is 2. The number of aromatic amines is 1. The molecular formula is C10H11N3O. The van der Waals surface area contributed by atoms with E-state index in [4.69, 9.17) is 0 Å². The number of phenols is 1. The van der Waals surface area contributed by atoms with Crippen LogP contribution in [0.2, 0.25) is 0 Å². The molecule has 0 radical (unpaired) electrons. The van der Waals surface area contributed by atoms with Gasteiger partial charge in [0.05, 0.1) is 12.2 Å². The molecule has 0 saturated heterocycles. The van der Waals surface area contributed by atoms with E-state index < -0.39 is 0 Å². The van der Waals surface area contributed by atoms with Gasteiger partial charge in [0, 0.05) is 12.4 Å². The molecule has 0 amide bonds. The van der Waals surface area contributed by atoms with Crippen LogP contribution in [0.1, 0.15) is 5.82 Å². The fraction of sp³-hybridized carbons (Fsp3) is 0.100. The maximum absolute atomic E-state index is 9.45. The first-order chi connectivity index (χ1) is 6.86. The lowest BCUT2D eigenvalue weighted by Crippen LogP contribution is -2.00. The van der Waals surface area contributed by atoms with Crippen LogP contribution in [0.25, 0.3) is 0 Å². The van der Waals surface area contributed by atoms with E-state index in [1.54, 1.807) is 24.5 Å². The molecule has 0 bridgehead atoms. The van der Waals surface area contributed by atoms with E-state index in [0.717, 1.165) is 5.82 Å². The molecule has 14 heavy (non-hydrogen) atoms. The number of phenolic OH excluding ortho intramolecular Hbond substituents is 1. The average molecular weight is 189 g/mol. The van der Waals surface area contributed by atoms with Gasteiger partial charge >= 0.3 is 0 Å². The van der Waals surface area contributed by atoms with Crippen LogP contribution in [0.4, 0.5) is 5.69 Å². The van der Waals surface area contributed by atoms with Crippen LogP contribution in [-0.4, -0.2) is 15.1 Å². The van der Waals surface area contributed by atoms with E-state index in [1.165, 1.54) is 0 Å². The van der Waals surface area contributed by atoms with E-state index in [2.05, 4.69) is 15.3 Å². The summed E-state index contributed by atoms with van der Waals surface area (Å²) >= 11 is 0. The Morgan fingerprint density at radius 2 is 2.21 bits per heavy atom. The Hall–Kier alpha value is -1.97. The Morgan fingerprint density at radius 1 is 1.36 bits per heavy atom. The Balaban J connectivity index is 2.02. The zero-order valence-electron chi connectivity index (χ0n) is 7.57. The van der Waals surface area contributed by atoms with Crippen molar-refractivity contribution in [3.63, 3.8) is 0 Å². The molecule has 4 heteroatoms. The van der Waals surface area contributed by atoms with Crippen molar-refractivity contribution in [2.75, 3.05) is 5.32 Å². The Morgan fingerprint density at radius 3 is 2.93 bits per heavy atom. The highest BCUT2D eigenvalue weighted by atomic mass is 16.3. The van der Waals surface area contributed by atoms with Gasteiger partial charge in [0.15, 0.2) is 0 Å². The van der Waals surface area contributed by atoms with Crippen molar-refractivity contribution in [1.29, 1.82) is 0 Å². The van der Waals surface area contributed by atoms with Crippen molar-refractivity contribution in [1.82, 2.24) is 9.97 Å². The van der Waals surface area contributed by atoms with E-state index in [1.807, 2.05) is 12.1 Å². The van der Waals surface area contributed by atoms with Gasteiger partial charge in [0.1, 0.15) is 11.6 Å². The topological polar surface area (TPSA) is 60.9 Å². The van der Waals surface area contributed by atoms with E-state index in [0.29, 0.717) is 12.2 Å². The molecule has 0 unspecified atom stereocenters. The Bertz CT molecular complexity index is 398. The lowest BCUT2D eigenvalue weighted by atomic mass is 10.3. The lowest BCUT2D eigenvalue weighted by Gasteiger charge is -2.05. The molecule has 4 nitrogen and oxygen atoms in total. The smallest absolute Gasteiger partial charge is 0.138 e. The molecule has 72 valence electrons. The number of aromatic hydroxyl groups is 1. The number of aromatic nitrogens is 2. The zero-order valence-corrected chi connectivity index (χ0v) is 7.57. The fourth-order valence-corrected chi connectivity index (χ4v) is 1.20. The molecule has 0 aliphatic carbocycles. The number of benzene rings is 1. The predicted molar refractivity (Wildman–Crippen MR) is 54.0 cm³/mol. The number of anilines is 1. The minimum absolute atomic E-state index is 0.249. The van der Waals surface area contributed by atoms with Crippen molar-refractivity contribution in [2.24, 2.45) is 0 Å². The summed E-state index contributed by atoms with van der Waals surface area (Å²) in [5.74, 6) is 1.09. The number of imidazole rings is 1. The lowest BCUT2D eigenvalue weighted by molar-refractivity contribution is 0.477. The van der Waals surface area contributed by atoms with Crippen molar-refractivity contribution in [3.05, 3.63) is 42.5 Å². The van der Waals surface area contributed by atoms with Gasteiger partial charge in [-0.2, -0.15) is 0 Å². The summed E-state index contributed by atoms with van der Waals surface area (Å²) in [5.41, 5.74) is 0.712. The van der Waals surface area contributed by atoms with E-state index in [-0.39, 0.29) is 5.75 Å². The van der Waals surface area contributed by atoms with E-state index in [9.17, 15) is 5.11 Å². The monoisotopic (exact) mass is 189 g/mol. The van der Waals surface area contributed by atoms with Crippen LogP contribution in [-0.2, 0) is 6.54 Å². The second kappa shape index (κ2) is 3.83. The van der Waals surface area contributed by atoms with E-state index >= 15 is 0 Å². The molecule has 2 rings (SSSR count). The molecule has 1 aromatic carbocycles. The minimum atomic E-state index is 0.249. The number of H-pyrrole nitrogens is 1. The fourth-order valence-electron chi connectivity index (χ4n) is 1.20. The van der Waals surface area contributed by atoms with Crippen molar-refractivity contribution >= 4 is 5.69 Å². The van der Waals surface area contributed by atoms with Crippen LogP contribution >= 0.6 is 0 Å². The Kier molecular flexibility index (Phi) is 2.36. The normalized spacial score (nSPS) is 10.0. The molecule has 0 atom stereocenters. The maximum atomic E-state index is 9.45. The summed E-state index contributed by atoms with van der Waals surface area (Å²) in [6.45, 7) is 0.574. The third-order valence-electron chi connectivity index (χ3n) is 1.91. The van der Waals surface area contributed by atoms with Crippen molar-refractivity contribution in [2.45, 2.75) is 6.54 Å². The molecule has 0 aliphatic heterocycles. The molecule has 0 fully saturated rings. The van der Waals surface area contributed by atoms with Crippen LogP contribution in [0.5, 0.6) is 5.75 Å². The number of hydrogen-bond donors (Lipinski definition) is 3. The molecule has 1 heterocycles. The van der Waals surface area contributed by atoms with Gasteiger partial charge in [0.25, 0.3) is 0 Å². The van der Waals surface area contributed by atoms with Crippen molar-refractivity contribution < 1.29 is 5.11 Å². The van der Waals surface area contributed by atoms with Gasteiger partial charge in [-0.05, 0) is 12.1 Å². The number of rotatable bonds is 3. The zero-order chi connectivity index (χ0) is 9.80. The molecule has 0 saturated carbocycles. The molecular weight excluding hydrogens is 178 g/mol. The second-order valence-corrected chi connectivity index (χ2v) is 2.91. The number of hydrogen-bond acceptors (Lipinski definition) is 3. The summed E-state index contributed by atoms with van der Waals surface area (Å²) in [6, 6.07) is 7.11. The average Bonchev–Trinajstić information content (AvgIpc) is 2.69. The highest BCUT2D eigenvalue weighted by Crippen LogP contribution is 2.21. The number of nitrogens with one attached hydrogen (secondary N) is 2. The number of nitrogens with zero attached hydrogens (tertiary/aromatic N) is 1. The highest BCUT2D eigenvalue weighted by molar-refractivity contribution is 5.55. The summed E-state index contributed by atoms with van der Waals surface area (Å²) in [7, 11) is 0. The van der Waals surface area contributed by atoms with Gasteiger partial charge in [-0.1, -0.05) is 12.1 Å². The van der Waals surface area contributed by atoms with Crippen LogP contribution < -0.4 is 5.32 Å². The SMILES string of the molecule is Oc1ccccc1NCc1ncc[nH]1. The summed E-state index contributed by atoms with van der Waals surface area (Å²) in [5, 5.41) is 12.5. The standard InChI is InChI=1S/C10H11N3O/c14-9-4-2-1-3-8(9)13-7-10-11-5-6-12-10/h1-6,13-14H,7H2,(H,11,12). The van der Waals surface area contributed by atoms with Crippen molar-refractivity contribution in [3.8, 4) is 5.75 Å². The van der Waals surface area contributed by atoms with Gasteiger partial charge < -0.3 is 15.4 Å². The molecule has 0 spiro atoms. The first-order valence-corrected chi connectivity index (χ1v) is 4.36. The second-order valence-electron chi connectivity index (χ2n) is 2.91. The van der Waals surface area contributed by atoms with Gasteiger partial charge in [0.2, 0.25) is 0 Å². The molecule has 2 aromatic rings. The van der Waals surface area contributed by atoms with Gasteiger partial charge in [-0.25, -0.2) is 4.98 Å². The van der Waals surface area contributed by atoms with Crippen LogP contribution in [0, 0.1) is 0 Å². The third-order valence-corrected chi connectivity index (χ3v) is 1.91. The third kappa shape index (κ3) is 1.85. The predicted octanol–water partition coefficient (Wildman–Crippen LogP) is 1.73. The molecule has 0 aliphatic rings. The first kappa shape index (κ1) is 8.62. The first-order valence-electron chi connectivity index (χ1n) is 4.36. The van der Waals surface area contributed by atoms with Crippen LogP contribution in [0.15, 0.2) is 36.7 Å². The maximum Gasteiger partial charge on any atom is 0.138 e. The summed E-state index contributed by atoms with van der Waals surface area (Å²) in [4.78, 5) is 7.03. The largest absolute Gasteiger partial charge is 0.506 e.